The smallest absolute Gasteiger partial charge is 0.0991 e. The van der Waals surface area contributed by atoms with Crippen molar-refractivity contribution in [2.75, 3.05) is 26.0 Å². The van der Waals surface area contributed by atoms with Gasteiger partial charge < -0.3 is 9.30 Å². The monoisotopic (exact) mass is 344 g/mol. The van der Waals surface area contributed by atoms with Crippen LogP contribution in [0.25, 0.3) is 0 Å². The van der Waals surface area contributed by atoms with E-state index >= 15 is 0 Å². The van der Waals surface area contributed by atoms with Crippen LogP contribution in [0.3, 0.4) is 0 Å². The average Bonchev–Trinajstić information content (AvgIpc) is 3.05. The van der Waals surface area contributed by atoms with E-state index in [1.165, 1.54) is 11.3 Å². The fourth-order valence-electron chi connectivity index (χ4n) is 2.34. The van der Waals surface area contributed by atoms with Gasteiger partial charge in [-0.05, 0) is 37.0 Å². The predicted molar refractivity (Wildman–Crippen MR) is 97.8 cm³/mol. The van der Waals surface area contributed by atoms with Crippen molar-refractivity contribution in [1.29, 1.82) is 5.26 Å². The molecule has 2 rings (SSSR count). The van der Waals surface area contributed by atoms with Gasteiger partial charge in [-0.3, -0.25) is 4.72 Å². The molecule has 1 heterocycles. The van der Waals surface area contributed by atoms with Crippen LogP contribution in [0.5, 0.6) is 0 Å². The van der Waals surface area contributed by atoms with Crippen LogP contribution in [-0.4, -0.2) is 35.6 Å². The maximum Gasteiger partial charge on any atom is 0.0991 e. The summed E-state index contributed by atoms with van der Waals surface area (Å²) in [6, 6.07) is 9.86. The number of aryl methyl sites for hydroxylation is 1. The van der Waals surface area contributed by atoms with E-state index < -0.39 is 0 Å². The lowest BCUT2D eigenvalue weighted by Crippen LogP contribution is -2.10. The summed E-state index contributed by atoms with van der Waals surface area (Å²) in [6.07, 6.45) is 6.97. The molecular weight excluding hydrogens is 320 g/mol. The summed E-state index contributed by atoms with van der Waals surface area (Å²) in [5.41, 5.74) is 3.12. The van der Waals surface area contributed by atoms with Crippen molar-refractivity contribution in [2.24, 2.45) is 0 Å². The van der Waals surface area contributed by atoms with Crippen molar-refractivity contribution in [3.05, 3.63) is 53.6 Å². The molecule has 0 radical (unpaired) electrons. The van der Waals surface area contributed by atoms with Gasteiger partial charge in [0, 0.05) is 44.4 Å². The van der Waals surface area contributed by atoms with Crippen LogP contribution >= 0.6 is 11.9 Å². The van der Waals surface area contributed by atoms with E-state index in [2.05, 4.69) is 20.3 Å². The highest BCUT2D eigenvalue weighted by Gasteiger charge is 2.03. The molecule has 5 nitrogen and oxygen atoms in total. The van der Waals surface area contributed by atoms with Gasteiger partial charge in [-0.25, -0.2) is 4.98 Å². The number of ether oxygens (including phenoxy) is 1. The van der Waals surface area contributed by atoms with Gasteiger partial charge in [0.15, 0.2) is 0 Å². The van der Waals surface area contributed by atoms with Gasteiger partial charge in [0.25, 0.3) is 0 Å². The first kappa shape index (κ1) is 18.5. The summed E-state index contributed by atoms with van der Waals surface area (Å²) in [6.45, 7) is 2.60. The second kappa shape index (κ2) is 10.9. The van der Waals surface area contributed by atoms with Gasteiger partial charge in [0.2, 0.25) is 0 Å². The number of aromatic nitrogens is 2. The Morgan fingerprint density at radius 2 is 2.12 bits per heavy atom. The highest BCUT2D eigenvalue weighted by molar-refractivity contribution is 7.97. The zero-order valence-electron chi connectivity index (χ0n) is 14.1. The summed E-state index contributed by atoms with van der Waals surface area (Å²) >= 11 is 1.76. The molecule has 1 aromatic carbocycles. The fraction of sp³-hybridized carbons (Fsp3) is 0.444. The maximum atomic E-state index is 8.85. The topological polar surface area (TPSA) is 62.9 Å². The normalized spacial score (nSPS) is 10.7. The number of hydrogen-bond donors (Lipinski definition) is 1. The molecular formula is C18H24N4OS. The third-order valence-corrected chi connectivity index (χ3v) is 4.54. The summed E-state index contributed by atoms with van der Waals surface area (Å²) in [5, 5.41) is 8.85. The number of nitriles is 1. The molecule has 0 saturated heterocycles. The highest BCUT2D eigenvalue weighted by Crippen LogP contribution is 2.10. The minimum Gasteiger partial charge on any atom is -0.385 e. The quantitative estimate of drug-likeness (QED) is 0.501. The van der Waals surface area contributed by atoms with E-state index in [0.29, 0.717) is 5.56 Å². The Balaban J connectivity index is 1.71. The molecule has 0 aliphatic rings. The Bertz CT molecular complexity index is 633. The Labute approximate surface area is 148 Å². The zero-order chi connectivity index (χ0) is 17.0. The van der Waals surface area contributed by atoms with Crippen LogP contribution in [0.4, 0.5) is 0 Å². The number of hydrogen-bond acceptors (Lipinski definition) is 5. The number of benzene rings is 1. The van der Waals surface area contributed by atoms with Crippen LogP contribution in [0.1, 0.15) is 29.7 Å². The molecule has 0 saturated carbocycles. The standard InChI is InChI=1S/C18H24N4OS/c1-23-10-3-11-24-21-9-2-4-18-13-20-15-22(18)14-17-7-5-16(12-19)6-8-17/h5-8,13,15,21H,2-4,9-11,14H2,1H3. The van der Waals surface area contributed by atoms with E-state index in [9.17, 15) is 0 Å². The molecule has 24 heavy (non-hydrogen) atoms. The summed E-state index contributed by atoms with van der Waals surface area (Å²) in [4.78, 5) is 4.27. The van der Waals surface area contributed by atoms with Crippen LogP contribution in [0, 0.1) is 11.3 Å². The number of imidazole rings is 1. The Hall–Kier alpha value is -1.81. The molecule has 0 amide bonds. The lowest BCUT2D eigenvalue weighted by Gasteiger charge is -2.09. The Kier molecular flexibility index (Phi) is 8.39. The average molecular weight is 344 g/mol. The highest BCUT2D eigenvalue weighted by atomic mass is 32.2. The molecule has 0 aliphatic heterocycles. The molecule has 0 bridgehead atoms. The molecule has 128 valence electrons. The SMILES string of the molecule is COCCCSNCCCc1cncn1Cc1ccc(C#N)cc1. The molecule has 0 unspecified atom stereocenters. The largest absolute Gasteiger partial charge is 0.385 e. The van der Waals surface area contributed by atoms with Gasteiger partial charge in [-0.1, -0.05) is 24.1 Å². The number of nitrogens with one attached hydrogen (secondary N) is 1. The predicted octanol–water partition coefficient (Wildman–Crippen LogP) is 3.01. The first-order valence-electron chi connectivity index (χ1n) is 8.15. The number of methoxy groups -OCH3 is 1. The lowest BCUT2D eigenvalue weighted by molar-refractivity contribution is 0.200. The molecule has 0 aliphatic carbocycles. The molecule has 2 aromatic rings. The number of nitrogens with zero attached hydrogens (tertiary/aromatic N) is 3. The van der Waals surface area contributed by atoms with Gasteiger partial charge in [-0.15, -0.1) is 0 Å². The third kappa shape index (κ3) is 6.36. The van der Waals surface area contributed by atoms with Crippen molar-refractivity contribution < 1.29 is 4.74 Å². The molecule has 0 atom stereocenters. The minimum absolute atomic E-state index is 0.693. The van der Waals surface area contributed by atoms with E-state index in [1.807, 2.05) is 36.8 Å². The number of rotatable bonds is 11. The van der Waals surface area contributed by atoms with Crippen molar-refractivity contribution in [3.8, 4) is 6.07 Å². The summed E-state index contributed by atoms with van der Waals surface area (Å²) < 4.78 is 10.6. The van der Waals surface area contributed by atoms with Crippen molar-refractivity contribution in [1.82, 2.24) is 14.3 Å². The van der Waals surface area contributed by atoms with Gasteiger partial charge in [0.1, 0.15) is 0 Å². The second-order valence-electron chi connectivity index (χ2n) is 5.51. The van der Waals surface area contributed by atoms with E-state index in [-0.39, 0.29) is 0 Å². The van der Waals surface area contributed by atoms with Crippen molar-refractivity contribution >= 4 is 11.9 Å². The van der Waals surface area contributed by atoms with Crippen LogP contribution in [-0.2, 0) is 17.7 Å². The van der Waals surface area contributed by atoms with Crippen molar-refractivity contribution in [3.63, 3.8) is 0 Å². The first-order valence-corrected chi connectivity index (χ1v) is 9.13. The Morgan fingerprint density at radius 3 is 2.88 bits per heavy atom. The van der Waals surface area contributed by atoms with Crippen LogP contribution < -0.4 is 4.72 Å². The van der Waals surface area contributed by atoms with Crippen LogP contribution in [0.15, 0.2) is 36.8 Å². The van der Waals surface area contributed by atoms with E-state index in [0.717, 1.165) is 44.7 Å². The van der Waals surface area contributed by atoms with Crippen LogP contribution in [0.2, 0.25) is 0 Å². The molecule has 1 N–H and O–H groups in total. The first-order chi connectivity index (χ1) is 11.8. The molecule has 1 aromatic heterocycles. The fourth-order valence-corrected chi connectivity index (χ4v) is 3.04. The second-order valence-corrected chi connectivity index (χ2v) is 6.50. The summed E-state index contributed by atoms with van der Waals surface area (Å²) in [5.74, 6) is 1.07. The minimum atomic E-state index is 0.693. The molecule has 0 fully saturated rings. The zero-order valence-corrected chi connectivity index (χ0v) is 14.9. The Morgan fingerprint density at radius 1 is 1.29 bits per heavy atom. The summed E-state index contributed by atoms with van der Waals surface area (Å²) in [7, 11) is 1.74. The maximum absolute atomic E-state index is 8.85. The van der Waals surface area contributed by atoms with Crippen molar-refractivity contribution in [2.45, 2.75) is 25.8 Å². The van der Waals surface area contributed by atoms with E-state index in [1.54, 1.807) is 19.1 Å². The molecule has 6 heteroatoms. The lowest BCUT2D eigenvalue weighted by atomic mass is 10.1. The van der Waals surface area contributed by atoms with Gasteiger partial charge >= 0.3 is 0 Å². The molecule has 0 spiro atoms. The van der Waals surface area contributed by atoms with E-state index in [4.69, 9.17) is 10.00 Å². The van der Waals surface area contributed by atoms with Gasteiger partial charge in [0.05, 0.1) is 18.0 Å². The third-order valence-electron chi connectivity index (χ3n) is 3.64. The van der Waals surface area contributed by atoms with Gasteiger partial charge in [-0.2, -0.15) is 5.26 Å².